The van der Waals surface area contributed by atoms with Gasteiger partial charge in [-0.05, 0) is 44.9 Å². The number of hydrogen-bond donors (Lipinski definition) is 2. The van der Waals surface area contributed by atoms with Crippen molar-refractivity contribution in [2.75, 3.05) is 7.05 Å². The number of carbonyl (C=O) groups excluding carboxylic acids is 1. The Morgan fingerprint density at radius 2 is 1.81 bits per heavy atom. The molecule has 0 aliphatic heterocycles. The summed E-state index contributed by atoms with van der Waals surface area (Å²) in [6.45, 7) is 0. The minimum Gasteiger partial charge on any atom is -0.348 e. The number of rotatable bonds is 3. The molecule has 1 saturated carbocycles. The van der Waals surface area contributed by atoms with Crippen molar-refractivity contribution in [3.63, 3.8) is 0 Å². The number of aromatic nitrogens is 1. The molecular formula is C14H18F3N3O. The van der Waals surface area contributed by atoms with Crippen LogP contribution in [0.4, 0.5) is 13.2 Å². The van der Waals surface area contributed by atoms with Crippen LogP contribution in [0.1, 0.15) is 41.7 Å². The van der Waals surface area contributed by atoms with E-state index >= 15 is 0 Å². The van der Waals surface area contributed by atoms with E-state index in [1.54, 1.807) is 0 Å². The highest BCUT2D eigenvalue weighted by molar-refractivity contribution is 5.92. The van der Waals surface area contributed by atoms with Crippen LogP contribution in [-0.2, 0) is 6.18 Å². The van der Waals surface area contributed by atoms with Crippen LogP contribution in [0.5, 0.6) is 0 Å². The van der Waals surface area contributed by atoms with Crippen molar-refractivity contribution in [1.29, 1.82) is 0 Å². The van der Waals surface area contributed by atoms with Gasteiger partial charge in [0.1, 0.15) is 5.69 Å². The molecule has 1 aliphatic rings. The molecule has 0 aromatic carbocycles. The largest absolute Gasteiger partial charge is 0.417 e. The zero-order valence-electron chi connectivity index (χ0n) is 11.7. The lowest BCUT2D eigenvalue weighted by Crippen LogP contribution is -2.41. The normalized spacial score (nSPS) is 22.9. The predicted octanol–water partition coefficient (Wildman–Crippen LogP) is 2.36. The molecule has 1 aromatic heterocycles. The van der Waals surface area contributed by atoms with Crippen molar-refractivity contribution in [1.82, 2.24) is 15.6 Å². The zero-order valence-corrected chi connectivity index (χ0v) is 11.7. The third-order valence-corrected chi connectivity index (χ3v) is 3.79. The second kappa shape index (κ2) is 6.43. The van der Waals surface area contributed by atoms with E-state index in [1.807, 2.05) is 7.05 Å². The molecule has 1 amide bonds. The summed E-state index contributed by atoms with van der Waals surface area (Å²) in [5, 5.41) is 6.03. The molecule has 0 unspecified atom stereocenters. The van der Waals surface area contributed by atoms with Gasteiger partial charge in [-0.2, -0.15) is 13.2 Å². The van der Waals surface area contributed by atoms with Crippen LogP contribution in [0, 0.1) is 0 Å². The van der Waals surface area contributed by atoms with Crippen molar-refractivity contribution in [3.8, 4) is 0 Å². The van der Waals surface area contributed by atoms with Gasteiger partial charge < -0.3 is 10.6 Å². The first-order valence-electron chi connectivity index (χ1n) is 6.91. The van der Waals surface area contributed by atoms with Crippen LogP contribution in [0.15, 0.2) is 18.3 Å². The van der Waals surface area contributed by atoms with E-state index in [9.17, 15) is 18.0 Å². The Labute approximate surface area is 121 Å². The lowest BCUT2D eigenvalue weighted by Gasteiger charge is -2.28. The predicted molar refractivity (Wildman–Crippen MR) is 71.8 cm³/mol. The summed E-state index contributed by atoms with van der Waals surface area (Å²) in [4.78, 5) is 15.6. The minimum absolute atomic E-state index is 0.0127. The standard InChI is InChI=1S/C14H18F3N3O/c1-18-10-3-5-11(6-4-10)20-13(21)12-7-2-9(8-19-12)14(15,16)17/h2,7-8,10-11,18H,3-6H2,1H3,(H,20,21). The maximum atomic E-state index is 12.4. The number of nitrogens with zero attached hydrogens (tertiary/aromatic N) is 1. The molecule has 116 valence electrons. The maximum absolute atomic E-state index is 12.4. The van der Waals surface area contributed by atoms with E-state index in [0.717, 1.165) is 37.8 Å². The molecule has 21 heavy (non-hydrogen) atoms. The highest BCUT2D eigenvalue weighted by atomic mass is 19.4. The van der Waals surface area contributed by atoms with Crippen LogP contribution < -0.4 is 10.6 Å². The minimum atomic E-state index is -4.44. The quantitative estimate of drug-likeness (QED) is 0.901. The molecular weight excluding hydrogens is 283 g/mol. The molecule has 2 rings (SSSR count). The van der Waals surface area contributed by atoms with Gasteiger partial charge in [0.05, 0.1) is 5.56 Å². The van der Waals surface area contributed by atoms with Gasteiger partial charge in [-0.1, -0.05) is 0 Å². The summed E-state index contributed by atoms with van der Waals surface area (Å²) in [5.41, 5.74) is -0.840. The van der Waals surface area contributed by atoms with Crippen molar-refractivity contribution < 1.29 is 18.0 Å². The van der Waals surface area contributed by atoms with Crippen molar-refractivity contribution in [3.05, 3.63) is 29.6 Å². The number of alkyl halides is 3. The molecule has 0 saturated heterocycles. The molecule has 0 atom stereocenters. The van der Waals surface area contributed by atoms with Crippen LogP contribution in [0.3, 0.4) is 0 Å². The van der Waals surface area contributed by atoms with Crippen LogP contribution in [-0.4, -0.2) is 30.0 Å². The average molecular weight is 301 g/mol. The van der Waals surface area contributed by atoms with E-state index in [-0.39, 0.29) is 11.7 Å². The molecule has 1 aromatic rings. The van der Waals surface area contributed by atoms with Crippen LogP contribution in [0.25, 0.3) is 0 Å². The monoisotopic (exact) mass is 301 g/mol. The molecule has 1 heterocycles. The number of halogens is 3. The number of hydrogen-bond acceptors (Lipinski definition) is 3. The Hall–Kier alpha value is -1.63. The SMILES string of the molecule is CNC1CCC(NC(=O)c2ccc(C(F)(F)F)cn2)CC1. The Morgan fingerprint density at radius 3 is 2.29 bits per heavy atom. The molecule has 1 aliphatic carbocycles. The van der Waals surface area contributed by atoms with E-state index in [4.69, 9.17) is 0 Å². The lowest BCUT2D eigenvalue weighted by molar-refractivity contribution is -0.137. The molecule has 1 fully saturated rings. The van der Waals surface area contributed by atoms with Gasteiger partial charge in [-0.3, -0.25) is 9.78 Å². The second-order valence-corrected chi connectivity index (χ2v) is 5.24. The Morgan fingerprint density at radius 1 is 1.19 bits per heavy atom. The van der Waals surface area contributed by atoms with Gasteiger partial charge in [0.25, 0.3) is 5.91 Å². The van der Waals surface area contributed by atoms with Gasteiger partial charge in [-0.25, -0.2) is 0 Å². The van der Waals surface area contributed by atoms with Gasteiger partial charge in [0.15, 0.2) is 0 Å². The summed E-state index contributed by atoms with van der Waals surface area (Å²) in [7, 11) is 1.91. The topological polar surface area (TPSA) is 54.0 Å². The smallest absolute Gasteiger partial charge is 0.348 e. The molecule has 4 nitrogen and oxygen atoms in total. The summed E-state index contributed by atoms with van der Waals surface area (Å²) >= 11 is 0. The highest BCUT2D eigenvalue weighted by Gasteiger charge is 2.31. The van der Waals surface area contributed by atoms with E-state index in [0.29, 0.717) is 12.2 Å². The average Bonchev–Trinajstić information content (AvgIpc) is 2.47. The number of amides is 1. The van der Waals surface area contributed by atoms with Crippen molar-refractivity contribution >= 4 is 5.91 Å². The zero-order chi connectivity index (χ0) is 15.5. The van der Waals surface area contributed by atoms with E-state index in [1.165, 1.54) is 0 Å². The van der Waals surface area contributed by atoms with Crippen molar-refractivity contribution in [2.45, 2.75) is 43.9 Å². The fraction of sp³-hybridized carbons (Fsp3) is 0.571. The van der Waals surface area contributed by atoms with Gasteiger partial charge in [0, 0.05) is 18.3 Å². The maximum Gasteiger partial charge on any atom is 0.417 e. The summed E-state index contributed by atoms with van der Waals surface area (Å²) in [6.07, 6.45) is -0.0834. The first-order valence-corrected chi connectivity index (χ1v) is 6.91. The molecule has 2 N–H and O–H groups in total. The Bertz CT molecular complexity index is 479. The molecule has 0 spiro atoms. The van der Waals surface area contributed by atoms with Crippen LogP contribution in [0.2, 0.25) is 0 Å². The molecule has 0 radical (unpaired) electrons. The fourth-order valence-corrected chi connectivity index (χ4v) is 2.48. The number of pyridine rings is 1. The highest BCUT2D eigenvalue weighted by Crippen LogP contribution is 2.28. The van der Waals surface area contributed by atoms with Gasteiger partial charge in [0.2, 0.25) is 0 Å². The third-order valence-electron chi connectivity index (χ3n) is 3.79. The first-order chi connectivity index (χ1) is 9.90. The number of nitrogens with one attached hydrogen (secondary N) is 2. The summed E-state index contributed by atoms with van der Waals surface area (Å²) < 4.78 is 37.3. The third kappa shape index (κ3) is 4.17. The van der Waals surface area contributed by atoms with Crippen molar-refractivity contribution in [2.24, 2.45) is 0 Å². The lowest BCUT2D eigenvalue weighted by atomic mass is 9.91. The molecule has 7 heteroatoms. The van der Waals surface area contributed by atoms with Crippen LogP contribution >= 0.6 is 0 Å². The Kier molecular flexibility index (Phi) is 4.82. The summed E-state index contributed by atoms with van der Waals surface area (Å²) in [6, 6.07) is 2.52. The molecule has 0 bridgehead atoms. The number of carbonyl (C=O) groups is 1. The van der Waals surface area contributed by atoms with Gasteiger partial charge in [-0.15, -0.1) is 0 Å². The second-order valence-electron chi connectivity index (χ2n) is 5.24. The fourth-order valence-electron chi connectivity index (χ4n) is 2.48. The summed E-state index contributed by atoms with van der Waals surface area (Å²) in [5.74, 6) is -0.420. The first kappa shape index (κ1) is 15.8. The van der Waals surface area contributed by atoms with E-state index in [2.05, 4.69) is 15.6 Å². The van der Waals surface area contributed by atoms with Gasteiger partial charge >= 0.3 is 6.18 Å². The Balaban J connectivity index is 1.92. The van der Waals surface area contributed by atoms with E-state index < -0.39 is 17.6 Å².